The van der Waals surface area contributed by atoms with Gasteiger partial charge < -0.3 is 4.72 Å². The number of aliphatic imine (C=N–C) groups is 1. The quantitative estimate of drug-likeness (QED) is 0.295. The summed E-state index contributed by atoms with van der Waals surface area (Å²) in [7, 11) is 0. The maximum absolute atomic E-state index is 12.3. The summed E-state index contributed by atoms with van der Waals surface area (Å²) in [5.41, 5.74) is 4.04. The van der Waals surface area contributed by atoms with Crippen LogP contribution in [-0.4, -0.2) is 17.1 Å². The van der Waals surface area contributed by atoms with Gasteiger partial charge in [-0.05, 0) is 47.9 Å². The predicted molar refractivity (Wildman–Crippen MR) is 90.4 cm³/mol. The van der Waals surface area contributed by atoms with E-state index in [1.54, 1.807) is 24.3 Å². The first-order chi connectivity index (χ1) is 11.3. The van der Waals surface area contributed by atoms with Crippen molar-refractivity contribution in [3.05, 3.63) is 65.9 Å². The second-order valence-electron chi connectivity index (χ2n) is 4.67. The van der Waals surface area contributed by atoms with Crippen molar-refractivity contribution in [3.63, 3.8) is 0 Å². The van der Waals surface area contributed by atoms with Crippen LogP contribution in [0.1, 0.15) is 15.9 Å². The van der Waals surface area contributed by atoms with Crippen LogP contribution in [0.25, 0.3) is 6.08 Å². The topological polar surface area (TPSA) is 85.8 Å². The van der Waals surface area contributed by atoms with Gasteiger partial charge in [0.2, 0.25) is 5.96 Å². The van der Waals surface area contributed by atoms with E-state index in [9.17, 15) is 4.79 Å². The van der Waals surface area contributed by atoms with Crippen molar-refractivity contribution in [1.82, 2.24) is 15.5 Å². The lowest BCUT2D eigenvalue weighted by Crippen LogP contribution is -2.39. The summed E-state index contributed by atoms with van der Waals surface area (Å²) < 4.78 is 3.02. The van der Waals surface area contributed by atoms with E-state index in [4.69, 9.17) is 5.21 Å². The third-order valence-corrected chi connectivity index (χ3v) is 3.94. The molecular formula is C16H14N4O2S. The fourth-order valence-corrected chi connectivity index (χ4v) is 2.72. The van der Waals surface area contributed by atoms with Crippen LogP contribution in [0.3, 0.4) is 0 Å². The van der Waals surface area contributed by atoms with Crippen molar-refractivity contribution in [1.29, 1.82) is 0 Å². The number of rotatable bonds is 2. The van der Waals surface area contributed by atoms with E-state index < -0.39 is 0 Å². The molecule has 1 amide bonds. The molecule has 0 aromatic heterocycles. The van der Waals surface area contributed by atoms with Gasteiger partial charge in [-0.25, -0.2) is 10.5 Å². The molecule has 3 rings (SSSR count). The molecule has 0 saturated carbocycles. The van der Waals surface area contributed by atoms with Crippen LogP contribution in [0.15, 0.2) is 64.6 Å². The van der Waals surface area contributed by atoms with Crippen LogP contribution in [-0.2, 0) is 0 Å². The predicted octanol–water partition coefficient (Wildman–Crippen LogP) is 2.66. The molecule has 1 heterocycles. The van der Waals surface area contributed by atoms with Crippen molar-refractivity contribution in [3.8, 4) is 0 Å². The number of carbonyl (C=O) groups excluding carboxylic acids is 1. The highest BCUT2D eigenvalue weighted by Gasteiger charge is 2.12. The number of guanidine groups is 1. The fraction of sp³-hybridized carbons (Fsp3) is 0. The molecule has 0 bridgehead atoms. The summed E-state index contributed by atoms with van der Waals surface area (Å²) in [4.78, 5) is 17.4. The minimum atomic E-state index is -0.362. The zero-order chi connectivity index (χ0) is 16.1. The molecule has 0 fully saturated rings. The normalized spacial score (nSPS) is 13.0. The number of para-hydroxylation sites is 1. The van der Waals surface area contributed by atoms with Crippen molar-refractivity contribution < 1.29 is 10.0 Å². The third kappa shape index (κ3) is 3.71. The summed E-state index contributed by atoms with van der Waals surface area (Å²) in [5, 5.41) is 11.7. The number of carbonyl (C=O) groups is 1. The van der Waals surface area contributed by atoms with E-state index in [2.05, 4.69) is 15.0 Å². The second-order valence-corrected chi connectivity index (χ2v) is 5.55. The zero-order valence-corrected chi connectivity index (χ0v) is 12.8. The monoisotopic (exact) mass is 326 g/mol. The molecule has 0 atom stereocenters. The van der Waals surface area contributed by atoms with Gasteiger partial charge in [-0.15, -0.1) is 0 Å². The number of hydroxylamine groups is 1. The first-order valence-electron chi connectivity index (χ1n) is 6.84. The van der Waals surface area contributed by atoms with Gasteiger partial charge in [0.1, 0.15) is 0 Å². The zero-order valence-electron chi connectivity index (χ0n) is 12.0. The van der Waals surface area contributed by atoms with Gasteiger partial charge in [0.25, 0.3) is 5.91 Å². The lowest BCUT2D eigenvalue weighted by Gasteiger charge is -2.12. The molecule has 0 aliphatic carbocycles. The number of hydrogen-bond donors (Lipinski definition) is 4. The number of hydrogen-bond acceptors (Lipinski definition) is 5. The van der Waals surface area contributed by atoms with E-state index in [0.717, 1.165) is 10.5 Å². The molecule has 6 nitrogen and oxygen atoms in total. The van der Waals surface area contributed by atoms with Gasteiger partial charge in [-0.2, -0.15) is 0 Å². The average molecular weight is 326 g/mol. The number of benzene rings is 2. The molecule has 0 spiro atoms. The van der Waals surface area contributed by atoms with Crippen molar-refractivity contribution in [2.24, 2.45) is 4.99 Å². The first-order valence-corrected chi connectivity index (χ1v) is 7.66. The van der Waals surface area contributed by atoms with Crippen LogP contribution in [0, 0.1) is 0 Å². The number of nitrogens with zero attached hydrogens (tertiary/aromatic N) is 1. The Hall–Kier alpha value is -2.77. The van der Waals surface area contributed by atoms with Crippen molar-refractivity contribution in [2.45, 2.75) is 4.90 Å². The van der Waals surface area contributed by atoms with E-state index in [1.165, 1.54) is 11.9 Å². The standard InChI is InChI=1S/C16H14N4O2S/c21-15(12-7-6-11-8-9-17-23-14(11)10-12)19-16(20-22)18-13-4-2-1-3-5-13/h1-10,17,22H,(H2,18,19,20,21). The van der Waals surface area contributed by atoms with E-state index >= 15 is 0 Å². The van der Waals surface area contributed by atoms with Crippen LogP contribution in [0.5, 0.6) is 0 Å². The molecule has 7 heteroatoms. The van der Waals surface area contributed by atoms with Crippen LogP contribution >= 0.6 is 11.9 Å². The van der Waals surface area contributed by atoms with Gasteiger partial charge in [0.05, 0.1) is 5.69 Å². The molecule has 23 heavy (non-hydrogen) atoms. The molecule has 0 radical (unpaired) electrons. The Morgan fingerprint density at radius 2 is 2.00 bits per heavy atom. The van der Waals surface area contributed by atoms with Gasteiger partial charge in [-0.1, -0.05) is 24.3 Å². The minimum absolute atomic E-state index is 0.0374. The Labute approximate surface area is 137 Å². The van der Waals surface area contributed by atoms with Crippen molar-refractivity contribution in [2.75, 3.05) is 0 Å². The Morgan fingerprint density at radius 3 is 2.78 bits per heavy atom. The van der Waals surface area contributed by atoms with Gasteiger partial charge in [-0.3, -0.25) is 15.3 Å². The molecule has 2 aromatic carbocycles. The minimum Gasteiger partial charge on any atom is -0.332 e. The van der Waals surface area contributed by atoms with Crippen LogP contribution in [0.4, 0.5) is 5.69 Å². The summed E-state index contributed by atoms with van der Waals surface area (Å²) in [6, 6.07) is 14.4. The number of nitrogens with one attached hydrogen (secondary N) is 3. The third-order valence-electron chi connectivity index (χ3n) is 3.11. The summed E-state index contributed by atoms with van der Waals surface area (Å²) in [5.74, 6) is -0.399. The Kier molecular flexibility index (Phi) is 4.60. The largest absolute Gasteiger partial charge is 0.332 e. The van der Waals surface area contributed by atoms with E-state index in [1.807, 2.05) is 42.0 Å². The highest BCUT2D eigenvalue weighted by Crippen LogP contribution is 2.26. The number of fused-ring (bicyclic) bond motifs is 1. The maximum atomic E-state index is 12.3. The molecule has 116 valence electrons. The first kappa shape index (κ1) is 15.1. The summed E-state index contributed by atoms with van der Waals surface area (Å²) >= 11 is 1.44. The molecule has 2 aromatic rings. The fourth-order valence-electron chi connectivity index (χ4n) is 2.02. The maximum Gasteiger partial charge on any atom is 0.258 e. The highest BCUT2D eigenvalue weighted by atomic mass is 32.2. The smallest absolute Gasteiger partial charge is 0.258 e. The molecule has 1 aliphatic heterocycles. The molecule has 4 N–H and O–H groups in total. The lowest BCUT2D eigenvalue weighted by atomic mass is 10.1. The van der Waals surface area contributed by atoms with E-state index in [-0.39, 0.29) is 11.9 Å². The molecule has 1 aliphatic rings. The molecule has 0 unspecified atom stereocenters. The van der Waals surface area contributed by atoms with E-state index in [0.29, 0.717) is 11.3 Å². The number of amides is 1. The Bertz CT molecular complexity index is 775. The highest BCUT2D eigenvalue weighted by molar-refractivity contribution is 7.97. The van der Waals surface area contributed by atoms with Crippen molar-refractivity contribution >= 4 is 35.6 Å². The molecular weight excluding hydrogens is 312 g/mol. The van der Waals surface area contributed by atoms with Gasteiger partial charge >= 0.3 is 0 Å². The van der Waals surface area contributed by atoms with Crippen LogP contribution < -0.4 is 15.5 Å². The lowest BCUT2D eigenvalue weighted by molar-refractivity contribution is 0.0969. The summed E-state index contributed by atoms with van der Waals surface area (Å²) in [6.07, 6.45) is 3.78. The van der Waals surface area contributed by atoms with Gasteiger partial charge in [0.15, 0.2) is 0 Å². The Balaban J connectivity index is 1.78. The summed E-state index contributed by atoms with van der Waals surface area (Å²) in [6.45, 7) is 0. The second kappa shape index (κ2) is 6.99. The van der Waals surface area contributed by atoms with Gasteiger partial charge in [0, 0.05) is 16.7 Å². The SMILES string of the molecule is O=C(NC(=Nc1ccccc1)NO)c1ccc2c(c1)SNC=C2. The Morgan fingerprint density at radius 1 is 1.17 bits per heavy atom. The van der Waals surface area contributed by atoms with Crippen LogP contribution in [0.2, 0.25) is 0 Å². The molecule has 0 saturated heterocycles. The average Bonchev–Trinajstić information content (AvgIpc) is 2.61.